The molecular formula is C23H27ClN4O4S2. The number of amides is 1. The summed E-state index contributed by atoms with van der Waals surface area (Å²) in [6, 6.07) is 12.3. The largest absolute Gasteiger partial charge is 0.477 e. The number of ether oxygens (including phenoxy) is 1. The number of nitrogens with zero attached hydrogens (tertiary/aromatic N) is 3. The van der Waals surface area contributed by atoms with Gasteiger partial charge in [0.2, 0.25) is 5.88 Å². The summed E-state index contributed by atoms with van der Waals surface area (Å²) in [7, 11) is -4.65. The van der Waals surface area contributed by atoms with Crippen LogP contribution in [0.1, 0.15) is 29.6 Å². The number of hydrogen-bond acceptors (Lipinski definition) is 6. The minimum Gasteiger partial charge on any atom is -0.477 e. The standard InChI is InChI=1S/C23H27ClN4O4S2/c1-33(2,3)23(12-13-23)14-16-32-20-11-15-28(26-20)19-10-9-18(21(24)25-19)22(29)27-34(30,31)17-7-5-4-6-8-17/h4-11,15H,12-14,16H2,1-3H3,(H,27,29). The van der Waals surface area contributed by atoms with E-state index in [9.17, 15) is 13.2 Å². The highest BCUT2D eigenvalue weighted by Gasteiger charge is 2.48. The van der Waals surface area contributed by atoms with Gasteiger partial charge in [0.1, 0.15) is 5.15 Å². The van der Waals surface area contributed by atoms with Gasteiger partial charge in [-0.3, -0.25) is 4.79 Å². The molecule has 0 atom stereocenters. The maximum atomic E-state index is 12.5. The first-order valence-corrected chi connectivity index (χ1v) is 15.4. The summed E-state index contributed by atoms with van der Waals surface area (Å²) < 4.78 is 34.6. The number of rotatable bonds is 9. The molecule has 11 heteroatoms. The minimum absolute atomic E-state index is 0.0235. The van der Waals surface area contributed by atoms with Crippen LogP contribution in [-0.4, -0.2) is 59.2 Å². The van der Waals surface area contributed by atoms with Crippen molar-refractivity contribution in [3.05, 3.63) is 65.4 Å². The number of carbonyl (C=O) groups excluding carboxylic acids is 1. The maximum absolute atomic E-state index is 12.5. The molecule has 0 unspecified atom stereocenters. The zero-order valence-corrected chi connectivity index (χ0v) is 21.6. The van der Waals surface area contributed by atoms with E-state index in [1.54, 1.807) is 30.5 Å². The molecule has 2 heterocycles. The van der Waals surface area contributed by atoms with Crippen LogP contribution in [0.25, 0.3) is 5.82 Å². The number of aromatic nitrogens is 3. The van der Waals surface area contributed by atoms with Crippen molar-refractivity contribution in [1.82, 2.24) is 19.5 Å². The first-order valence-electron chi connectivity index (χ1n) is 10.7. The van der Waals surface area contributed by atoms with Crippen molar-refractivity contribution in [2.24, 2.45) is 0 Å². The molecule has 2 aromatic heterocycles. The van der Waals surface area contributed by atoms with E-state index in [1.807, 2.05) is 4.72 Å². The van der Waals surface area contributed by atoms with E-state index in [0.29, 0.717) is 23.1 Å². The molecule has 1 aliphatic carbocycles. The van der Waals surface area contributed by atoms with Crippen molar-refractivity contribution < 1.29 is 17.9 Å². The quantitative estimate of drug-likeness (QED) is 0.425. The summed E-state index contributed by atoms with van der Waals surface area (Å²) in [5.41, 5.74) is -0.0621. The lowest BCUT2D eigenvalue weighted by atomic mass is 10.3. The Hall–Kier alpha value is -2.56. The van der Waals surface area contributed by atoms with Gasteiger partial charge in [0, 0.05) is 17.0 Å². The fourth-order valence-electron chi connectivity index (χ4n) is 3.72. The van der Waals surface area contributed by atoms with Crippen molar-refractivity contribution in [3.63, 3.8) is 0 Å². The molecule has 0 bridgehead atoms. The van der Waals surface area contributed by atoms with Crippen LogP contribution < -0.4 is 9.46 Å². The number of nitrogens with one attached hydrogen (secondary N) is 1. The smallest absolute Gasteiger partial charge is 0.268 e. The van der Waals surface area contributed by atoms with Crippen molar-refractivity contribution >= 4 is 37.6 Å². The lowest BCUT2D eigenvalue weighted by Gasteiger charge is -2.36. The highest BCUT2D eigenvalue weighted by molar-refractivity contribution is 8.33. The van der Waals surface area contributed by atoms with Gasteiger partial charge in [-0.15, -0.1) is 5.10 Å². The maximum Gasteiger partial charge on any atom is 0.268 e. The third-order valence-electron chi connectivity index (χ3n) is 6.07. The van der Waals surface area contributed by atoms with Gasteiger partial charge in [-0.2, -0.15) is 0 Å². The highest BCUT2D eigenvalue weighted by Crippen LogP contribution is 2.66. The van der Waals surface area contributed by atoms with E-state index in [-0.39, 0.29) is 15.6 Å². The Morgan fingerprint density at radius 1 is 1.12 bits per heavy atom. The van der Waals surface area contributed by atoms with Crippen LogP contribution in [0.3, 0.4) is 0 Å². The van der Waals surface area contributed by atoms with Crippen molar-refractivity contribution in [1.29, 1.82) is 0 Å². The van der Waals surface area contributed by atoms with E-state index in [1.165, 1.54) is 41.8 Å². The molecule has 0 aliphatic heterocycles. The van der Waals surface area contributed by atoms with Crippen LogP contribution in [-0.2, 0) is 10.0 Å². The second-order valence-electron chi connectivity index (χ2n) is 8.97. The Kier molecular flexibility index (Phi) is 6.67. The normalized spacial score (nSPS) is 15.5. The van der Waals surface area contributed by atoms with Crippen molar-refractivity contribution in [2.75, 3.05) is 25.4 Å². The van der Waals surface area contributed by atoms with Crippen LogP contribution in [0.4, 0.5) is 0 Å². The zero-order valence-electron chi connectivity index (χ0n) is 19.2. The molecule has 4 rings (SSSR count). The number of halogens is 1. The predicted molar refractivity (Wildman–Crippen MR) is 135 cm³/mol. The highest BCUT2D eigenvalue weighted by atomic mass is 35.5. The molecule has 1 aliphatic rings. The first kappa shape index (κ1) is 24.6. The molecule has 182 valence electrons. The van der Waals surface area contributed by atoms with Gasteiger partial charge >= 0.3 is 0 Å². The van der Waals surface area contributed by atoms with E-state index in [0.717, 1.165) is 6.42 Å². The van der Waals surface area contributed by atoms with E-state index in [4.69, 9.17) is 16.3 Å². The summed E-state index contributed by atoms with van der Waals surface area (Å²) in [5, 5.41) is 4.24. The van der Waals surface area contributed by atoms with Gasteiger partial charge < -0.3 is 4.74 Å². The first-order chi connectivity index (χ1) is 16.0. The second kappa shape index (κ2) is 9.24. The van der Waals surface area contributed by atoms with Crippen LogP contribution in [0.5, 0.6) is 5.88 Å². The Balaban J connectivity index is 1.40. The van der Waals surface area contributed by atoms with Gasteiger partial charge in [0.15, 0.2) is 5.82 Å². The molecule has 0 saturated heterocycles. The number of benzene rings is 1. The van der Waals surface area contributed by atoms with Crippen LogP contribution in [0.2, 0.25) is 5.15 Å². The molecular weight excluding hydrogens is 496 g/mol. The van der Waals surface area contributed by atoms with Crippen LogP contribution in [0.15, 0.2) is 59.6 Å². The molecule has 1 fully saturated rings. The summed E-state index contributed by atoms with van der Waals surface area (Å²) >= 11 is 6.20. The van der Waals surface area contributed by atoms with Gasteiger partial charge in [-0.25, -0.2) is 32.8 Å². The monoisotopic (exact) mass is 522 g/mol. The van der Waals surface area contributed by atoms with Crippen LogP contribution in [0, 0.1) is 0 Å². The minimum atomic E-state index is -4.03. The Bertz CT molecular complexity index is 1300. The molecule has 1 N–H and O–H groups in total. The summed E-state index contributed by atoms with van der Waals surface area (Å²) in [4.78, 5) is 16.7. The van der Waals surface area contributed by atoms with Crippen molar-refractivity contribution in [2.45, 2.75) is 28.9 Å². The lowest BCUT2D eigenvalue weighted by Crippen LogP contribution is -2.31. The van der Waals surface area contributed by atoms with E-state index in [2.05, 4.69) is 28.8 Å². The molecule has 8 nitrogen and oxygen atoms in total. The molecule has 34 heavy (non-hydrogen) atoms. The van der Waals surface area contributed by atoms with Crippen molar-refractivity contribution in [3.8, 4) is 11.7 Å². The fraction of sp³-hybridized carbons (Fsp3) is 0.348. The molecule has 1 saturated carbocycles. The summed E-state index contributed by atoms with van der Waals surface area (Å²) in [6.07, 6.45) is 12.3. The molecule has 1 amide bonds. The zero-order chi connectivity index (χ0) is 24.6. The predicted octanol–water partition coefficient (Wildman–Crippen LogP) is 4.03. The molecule has 3 aromatic rings. The SMILES string of the molecule is CS(C)(C)C1(CCOc2ccn(-c3ccc(C(=O)NS(=O)(=O)c4ccccc4)c(Cl)n3)n2)CC1. The topological polar surface area (TPSA) is 103 Å². The number of pyridine rings is 1. The third-order valence-corrected chi connectivity index (χ3v) is 10.9. The molecule has 1 aromatic carbocycles. The molecule has 0 radical (unpaired) electrons. The third kappa shape index (κ3) is 5.24. The summed E-state index contributed by atoms with van der Waals surface area (Å²) in [5.74, 6) is -0.0131. The second-order valence-corrected chi connectivity index (χ2v) is 15.6. The van der Waals surface area contributed by atoms with E-state index >= 15 is 0 Å². The Labute approximate surface area is 206 Å². The van der Waals surface area contributed by atoms with Gasteiger partial charge in [-0.1, -0.05) is 29.8 Å². The molecule has 0 spiro atoms. The lowest BCUT2D eigenvalue weighted by molar-refractivity contribution is 0.0981. The van der Waals surface area contributed by atoms with Gasteiger partial charge in [-0.05, 0) is 62.3 Å². The fourth-order valence-corrected chi connectivity index (χ4v) is 6.96. The van der Waals surface area contributed by atoms with Gasteiger partial charge in [0.05, 0.1) is 17.1 Å². The number of hydrogen-bond donors (Lipinski definition) is 1. The number of sulfonamides is 1. The van der Waals surface area contributed by atoms with Gasteiger partial charge in [0.25, 0.3) is 15.9 Å². The Morgan fingerprint density at radius 2 is 1.82 bits per heavy atom. The summed E-state index contributed by atoms with van der Waals surface area (Å²) in [6.45, 7) is 0.602. The Morgan fingerprint density at radius 3 is 2.44 bits per heavy atom. The average molecular weight is 523 g/mol. The number of carbonyl (C=O) groups is 1. The van der Waals surface area contributed by atoms with Crippen LogP contribution >= 0.6 is 21.6 Å². The van der Waals surface area contributed by atoms with E-state index < -0.39 is 26.0 Å². The average Bonchev–Trinajstić information content (AvgIpc) is 3.44.